The molecular formula is C10H9FO2. The lowest BCUT2D eigenvalue weighted by atomic mass is 10.1. The Morgan fingerprint density at radius 1 is 1.38 bits per heavy atom. The molecule has 1 saturated carbocycles. The molecule has 0 aliphatic heterocycles. The summed E-state index contributed by atoms with van der Waals surface area (Å²) in [4.78, 5) is 10.5. The van der Waals surface area contributed by atoms with Crippen LogP contribution in [0.2, 0.25) is 0 Å². The molecule has 2 rings (SSSR count). The maximum absolute atomic E-state index is 12.5. The Morgan fingerprint density at radius 2 is 2.00 bits per heavy atom. The van der Waals surface area contributed by atoms with E-state index in [0.717, 1.165) is 5.56 Å². The first-order chi connectivity index (χ1) is 6.18. The maximum atomic E-state index is 12.5. The van der Waals surface area contributed by atoms with Gasteiger partial charge in [0.2, 0.25) is 0 Å². The van der Waals surface area contributed by atoms with Gasteiger partial charge in [-0.15, -0.1) is 0 Å². The molecule has 1 unspecified atom stereocenters. The highest BCUT2D eigenvalue weighted by Crippen LogP contribution is 2.47. The van der Waals surface area contributed by atoms with Crippen molar-refractivity contribution in [3.05, 3.63) is 35.6 Å². The van der Waals surface area contributed by atoms with Crippen LogP contribution in [-0.2, 0) is 4.79 Å². The summed E-state index contributed by atoms with van der Waals surface area (Å²) in [5.74, 6) is -1.20. The fraction of sp³-hybridized carbons (Fsp3) is 0.300. The van der Waals surface area contributed by atoms with E-state index in [9.17, 15) is 9.18 Å². The Labute approximate surface area is 75.0 Å². The van der Waals surface area contributed by atoms with Crippen molar-refractivity contribution in [3.63, 3.8) is 0 Å². The van der Waals surface area contributed by atoms with Crippen molar-refractivity contribution in [2.45, 2.75) is 12.3 Å². The minimum atomic E-state index is -0.755. The van der Waals surface area contributed by atoms with Gasteiger partial charge in [-0.05, 0) is 30.0 Å². The van der Waals surface area contributed by atoms with E-state index in [2.05, 4.69) is 0 Å². The average Bonchev–Trinajstić information content (AvgIpc) is 2.85. The molecule has 1 aliphatic rings. The third-order valence-corrected chi connectivity index (χ3v) is 2.41. The molecule has 0 amide bonds. The molecule has 13 heavy (non-hydrogen) atoms. The summed E-state index contributed by atoms with van der Waals surface area (Å²) in [6.07, 6.45) is 0.682. The third kappa shape index (κ3) is 1.54. The number of carbonyl (C=O) groups is 1. The van der Waals surface area contributed by atoms with Gasteiger partial charge in [0.1, 0.15) is 5.82 Å². The van der Waals surface area contributed by atoms with Crippen LogP contribution in [-0.4, -0.2) is 11.1 Å². The van der Waals surface area contributed by atoms with Crippen molar-refractivity contribution in [1.82, 2.24) is 0 Å². The molecule has 2 atom stereocenters. The number of carboxylic acids is 1. The van der Waals surface area contributed by atoms with Crippen LogP contribution < -0.4 is 0 Å². The summed E-state index contributed by atoms with van der Waals surface area (Å²) in [6.45, 7) is 0. The molecule has 0 radical (unpaired) electrons. The fourth-order valence-electron chi connectivity index (χ4n) is 1.55. The van der Waals surface area contributed by atoms with Gasteiger partial charge in [-0.25, -0.2) is 4.39 Å². The number of aliphatic carboxylic acids is 1. The van der Waals surface area contributed by atoms with Crippen LogP contribution >= 0.6 is 0 Å². The van der Waals surface area contributed by atoms with E-state index in [1.54, 1.807) is 12.1 Å². The van der Waals surface area contributed by atoms with E-state index in [0.29, 0.717) is 6.42 Å². The molecule has 1 fully saturated rings. The van der Waals surface area contributed by atoms with E-state index in [1.807, 2.05) is 0 Å². The molecule has 1 N–H and O–H groups in total. The standard InChI is InChI=1S/C10H9FO2/c11-7-3-1-6(2-4-7)8-5-9(8)10(12)13/h1-4,8-9H,5H2,(H,12,13)/t8-,9?/m0/s1. The maximum Gasteiger partial charge on any atom is 0.307 e. The van der Waals surface area contributed by atoms with E-state index in [1.165, 1.54) is 12.1 Å². The Hall–Kier alpha value is -1.38. The zero-order chi connectivity index (χ0) is 9.42. The molecule has 1 aromatic carbocycles. The number of halogens is 1. The highest BCUT2D eigenvalue weighted by Gasteiger charge is 2.43. The quantitative estimate of drug-likeness (QED) is 0.755. The van der Waals surface area contributed by atoms with Gasteiger partial charge >= 0.3 is 5.97 Å². The van der Waals surface area contributed by atoms with E-state index in [4.69, 9.17) is 5.11 Å². The van der Waals surface area contributed by atoms with Gasteiger partial charge in [0.25, 0.3) is 0 Å². The molecule has 0 saturated heterocycles. The van der Waals surface area contributed by atoms with Gasteiger partial charge in [0.05, 0.1) is 5.92 Å². The summed E-state index contributed by atoms with van der Waals surface area (Å²) in [6, 6.07) is 6.05. The zero-order valence-electron chi connectivity index (χ0n) is 6.90. The van der Waals surface area contributed by atoms with Crippen LogP contribution in [0.15, 0.2) is 24.3 Å². The topological polar surface area (TPSA) is 37.3 Å². The molecule has 1 aliphatic carbocycles. The number of benzene rings is 1. The van der Waals surface area contributed by atoms with E-state index in [-0.39, 0.29) is 17.7 Å². The second kappa shape index (κ2) is 2.83. The number of hydrogen-bond donors (Lipinski definition) is 1. The first kappa shape index (κ1) is 8.23. The second-order valence-corrected chi connectivity index (χ2v) is 3.34. The Morgan fingerprint density at radius 3 is 2.46 bits per heavy atom. The lowest BCUT2D eigenvalue weighted by Crippen LogP contribution is -1.98. The van der Waals surface area contributed by atoms with Crippen molar-refractivity contribution in [1.29, 1.82) is 0 Å². The van der Waals surface area contributed by atoms with Crippen LogP contribution in [0.4, 0.5) is 4.39 Å². The van der Waals surface area contributed by atoms with Crippen molar-refractivity contribution >= 4 is 5.97 Å². The summed E-state index contributed by atoms with van der Waals surface area (Å²) >= 11 is 0. The minimum absolute atomic E-state index is 0.0955. The number of hydrogen-bond acceptors (Lipinski definition) is 1. The van der Waals surface area contributed by atoms with Gasteiger partial charge in [0, 0.05) is 0 Å². The lowest BCUT2D eigenvalue weighted by molar-refractivity contribution is -0.138. The van der Waals surface area contributed by atoms with E-state index < -0.39 is 5.97 Å². The van der Waals surface area contributed by atoms with Crippen LogP contribution in [0, 0.1) is 11.7 Å². The largest absolute Gasteiger partial charge is 0.481 e. The van der Waals surface area contributed by atoms with Crippen molar-refractivity contribution in [2.75, 3.05) is 0 Å². The van der Waals surface area contributed by atoms with Gasteiger partial charge in [-0.3, -0.25) is 4.79 Å². The van der Waals surface area contributed by atoms with Crippen molar-refractivity contribution in [2.24, 2.45) is 5.92 Å². The zero-order valence-corrected chi connectivity index (χ0v) is 6.90. The normalized spacial score (nSPS) is 25.6. The van der Waals surface area contributed by atoms with Crippen molar-refractivity contribution < 1.29 is 14.3 Å². The van der Waals surface area contributed by atoms with Crippen LogP contribution in [0.25, 0.3) is 0 Å². The van der Waals surface area contributed by atoms with Gasteiger partial charge in [-0.2, -0.15) is 0 Å². The first-order valence-electron chi connectivity index (χ1n) is 4.17. The van der Waals surface area contributed by atoms with Crippen LogP contribution in [0.5, 0.6) is 0 Å². The monoisotopic (exact) mass is 180 g/mol. The van der Waals surface area contributed by atoms with E-state index >= 15 is 0 Å². The smallest absolute Gasteiger partial charge is 0.307 e. The average molecular weight is 180 g/mol. The lowest BCUT2D eigenvalue weighted by Gasteiger charge is -1.96. The highest BCUT2D eigenvalue weighted by molar-refractivity contribution is 5.75. The molecule has 0 spiro atoms. The molecule has 0 heterocycles. The first-order valence-corrected chi connectivity index (χ1v) is 4.17. The molecule has 3 heteroatoms. The Bertz CT molecular complexity index is 331. The predicted octanol–water partition coefficient (Wildman–Crippen LogP) is 2.01. The third-order valence-electron chi connectivity index (χ3n) is 2.41. The van der Waals surface area contributed by atoms with Crippen molar-refractivity contribution in [3.8, 4) is 0 Å². The number of rotatable bonds is 2. The Kier molecular flexibility index (Phi) is 1.79. The van der Waals surface area contributed by atoms with Gasteiger partial charge < -0.3 is 5.11 Å². The molecule has 0 aromatic heterocycles. The summed E-state index contributed by atoms with van der Waals surface area (Å²) in [7, 11) is 0. The minimum Gasteiger partial charge on any atom is -0.481 e. The molecular weight excluding hydrogens is 171 g/mol. The van der Waals surface area contributed by atoms with Crippen LogP contribution in [0.3, 0.4) is 0 Å². The van der Waals surface area contributed by atoms with Crippen LogP contribution in [0.1, 0.15) is 17.9 Å². The summed E-state index contributed by atoms with van der Waals surface area (Å²) in [5, 5.41) is 8.67. The predicted molar refractivity (Wildman–Crippen MR) is 44.9 cm³/mol. The summed E-state index contributed by atoms with van der Waals surface area (Å²) < 4.78 is 12.5. The molecule has 68 valence electrons. The molecule has 2 nitrogen and oxygen atoms in total. The van der Waals surface area contributed by atoms with Gasteiger partial charge in [0.15, 0.2) is 0 Å². The fourth-order valence-corrected chi connectivity index (χ4v) is 1.55. The summed E-state index contributed by atoms with van der Waals surface area (Å²) in [5.41, 5.74) is 0.925. The Balaban J connectivity index is 2.12. The highest BCUT2D eigenvalue weighted by atomic mass is 19.1. The SMILES string of the molecule is O=C(O)C1C[C@H]1c1ccc(F)cc1. The second-order valence-electron chi connectivity index (χ2n) is 3.34. The molecule has 1 aromatic rings. The number of carboxylic acid groups (broad SMARTS) is 1. The molecule has 0 bridgehead atoms. The van der Waals surface area contributed by atoms with Gasteiger partial charge in [-0.1, -0.05) is 12.1 Å².